The number of carboxylic acids is 1. The number of ether oxygens (including phenoxy) is 2. The number of morpholine rings is 2. The number of hydrogen-bond acceptors (Lipinski definition) is 8. The Morgan fingerprint density at radius 3 is 2.29 bits per heavy atom. The van der Waals surface area contributed by atoms with Crippen molar-refractivity contribution in [3.8, 4) is 0 Å². The van der Waals surface area contributed by atoms with Crippen LogP contribution in [0.25, 0.3) is 11.2 Å². The van der Waals surface area contributed by atoms with E-state index in [1.165, 1.54) is 13.4 Å². The zero-order valence-corrected chi connectivity index (χ0v) is 15.8. The SMILES string of the molecule is C1COCCN1.C1COCC[NH2+]1.Cn1c(=O)[nH]c(=O)c2c1ncn2CC(=O)[O-]. The molecule has 2 aliphatic rings. The number of nitrogens with one attached hydrogen (secondary N) is 2. The third-order valence-corrected chi connectivity index (χ3v) is 3.95. The lowest BCUT2D eigenvalue weighted by Gasteiger charge is -2.10. The second kappa shape index (κ2) is 11.3. The number of H-pyrrole nitrogens is 1. The fourth-order valence-electron chi connectivity index (χ4n) is 2.54. The molecule has 0 amide bonds. The predicted molar refractivity (Wildman–Crippen MR) is 96.8 cm³/mol. The van der Waals surface area contributed by atoms with E-state index >= 15 is 0 Å². The molecule has 0 saturated carbocycles. The van der Waals surface area contributed by atoms with Crippen molar-refractivity contribution in [2.75, 3.05) is 52.6 Å². The van der Waals surface area contributed by atoms with E-state index in [9.17, 15) is 19.5 Å². The number of aryl methyl sites for hydroxylation is 1. The molecule has 0 unspecified atom stereocenters. The number of rotatable bonds is 2. The van der Waals surface area contributed by atoms with E-state index in [4.69, 9.17) is 9.47 Å². The normalized spacial score (nSPS) is 16.5. The molecule has 2 aromatic rings. The number of fused-ring (bicyclic) bond motifs is 1. The minimum Gasteiger partial charge on any atom is -0.548 e. The molecule has 2 aromatic heterocycles. The zero-order chi connectivity index (χ0) is 20.4. The van der Waals surface area contributed by atoms with Gasteiger partial charge in [0.1, 0.15) is 0 Å². The Hall–Kier alpha value is -2.54. The zero-order valence-electron chi connectivity index (χ0n) is 15.8. The molecule has 2 aliphatic heterocycles. The van der Waals surface area contributed by atoms with Gasteiger partial charge in [-0.25, -0.2) is 9.78 Å². The van der Waals surface area contributed by atoms with E-state index in [0.717, 1.165) is 61.7 Å². The summed E-state index contributed by atoms with van der Waals surface area (Å²) in [6.07, 6.45) is 1.18. The lowest BCUT2D eigenvalue weighted by atomic mass is 10.5. The lowest BCUT2D eigenvalue weighted by Crippen LogP contribution is -2.87. The van der Waals surface area contributed by atoms with Crippen LogP contribution in [-0.4, -0.2) is 77.7 Å². The maximum Gasteiger partial charge on any atom is 0.329 e. The molecule has 28 heavy (non-hydrogen) atoms. The molecule has 0 atom stereocenters. The summed E-state index contributed by atoms with van der Waals surface area (Å²) in [5.41, 5.74) is -1.10. The quantitative estimate of drug-likeness (QED) is 0.455. The summed E-state index contributed by atoms with van der Waals surface area (Å²) in [5.74, 6) is -1.34. The third-order valence-electron chi connectivity index (χ3n) is 3.95. The number of nitrogens with zero attached hydrogens (tertiary/aromatic N) is 3. The number of aromatic amines is 1. The first-order chi connectivity index (χ1) is 13.5. The molecular weight excluding hydrogens is 372 g/mol. The molecule has 2 saturated heterocycles. The molecule has 0 aromatic carbocycles. The number of aliphatic carboxylic acids is 1. The second-order valence-electron chi connectivity index (χ2n) is 6.08. The summed E-state index contributed by atoms with van der Waals surface area (Å²) >= 11 is 0. The van der Waals surface area contributed by atoms with Gasteiger partial charge in [0.05, 0.1) is 58.4 Å². The van der Waals surface area contributed by atoms with Gasteiger partial charge in [-0.1, -0.05) is 0 Å². The van der Waals surface area contributed by atoms with Gasteiger partial charge in [0.15, 0.2) is 11.2 Å². The van der Waals surface area contributed by atoms with Gasteiger partial charge in [-0.15, -0.1) is 0 Å². The van der Waals surface area contributed by atoms with Crippen molar-refractivity contribution in [1.29, 1.82) is 0 Å². The number of imidazole rings is 1. The Morgan fingerprint density at radius 1 is 1.21 bits per heavy atom. The molecule has 4 N–H and O–H groups in total. The molecule has 156 valence electrons. The van der Waals surface area contributed by atoms with Gasteiger partial charge in [0.25, 0.3) is 5.56 Å². The third kappa shape index (κ3) is 6.56. The van der Waals surface area contributed by atoms with E-state index in [-0.39, 0.29) is 11.2 Å². The number of quaternary nitrogens is 1. The van der Waals surface area contributed by atoms with Gasteiger partial charge >= 0.3 is 5.69 Å². The molecule has 4 rings (SSSR count). The van der Waals surface area contributed by atoms with Crippen molar-refractivity contribution in [2.24, 2.45) is 7.05 Å². The lowest BCUT2D eigenvalue weighted by molar-refractivity contribution is -0.670. The Morgan fingerprint density at radius 2 is 1.86 bits per heavy atom. The highest BCUT2D eigenvalue weighted by Crippen LogP contribution is 2.03. The van der Waals surface area contributed by atoms with Gasteiger partial charge in [0.2, 0.25) is 0 Å². The fraction of sp³-hybridized carbons (Fsp3) is 0.625. The van der Waals surface area contributed by atoms with E-state index < -0.39 is 23.8 Å². The van der Waals surface area contributed by atoms with Crippen LogP contribution in [0.5, 0.6) is 0 Å². The Bertz CT molecular complexity index is 830. The molecule has 0 bridgehead atoms. The summed E-state index contributed by atoms with van der Waals surface area (Å²) in [4.78, 5) is 39.0. The van der Waals surface area contributed by atoms with Crippen molar-refractivity contribution >= 4 is 17.1 Å². The van der Waals surface area contributed by atoms with Crippen molar-refractivity contribution in [3.05, 3.63) is 27.2 Å². The molecule has 12 heteroatoms. The van der Waals surface area contributed by atoms with E-state index in [0.29, 0.717) is 0 Å². The van der Waals surface area contributed by atoms with Gasteiger partial charge in [-0.2, -0.15) is 0 Å². The van der Waals surface area contributed by atoms with Crippen molar-refractivity contribution < 1.29 is 24.7 Å². The maximum atomic E-state index is 11.5. The highest BCUT2D eigenvalue weighted by atomic mass is 16.5. The maximum absolute atomic E-state index is 11.5. The number of hydrogen-bond donors (Lipinski definition) is 3. The fourth-order valence-corrected chi connectivity index (χ4v) is 2.54. The Labute approximate surface area is 160 Å². The first-order valence-corrected chi connectivity index (χ1v) is 9.02. The van der Waals surface area contributed by atoms with Crippen molar-refractivity contribution in [1.82, 2.24) is 24.4 Å². The van der Waals surface area contributed by atoms with Crippen LogP contribution in [0.2, 0.25) is 0 Å². The minimum absolute atomic E-state index is 0.0336. The van der Waals surface area contributed by atoms with Crippen LogP contribution < -0.4 is 27.0 Å². The largest absolute Gasteiger partial charge is 0.548 e. The van der Waals surface area contributed by atoms with Gasteiger partial charge in [-0.3, -0.25) is 14.3 Å². The van der Waals surface area contributed by atoms with Crippen molar-refractivity contribution in [2.45, 2.75) is 6.54 Å². The van der Waals surface area contributed by atoms with Crippen LogP contribution in [0, 0.1) is 0 Å². The van der Waals surface area contributed by atoms with Crippen LogP contribution in [-0.2, 0) is 27.9 Å². The Kier molecular flexibility index (Phi) is 8.81. The highest BCUT2D eigenvalue weighted by molar-refractivity contribution is 5.73. The number of carboxylic acid groups (broad SMARTS) is 1. The Balaban J connectivity index is 0.000000190. The number of carbonyl (C=O) groups is 1. The topological polar surface area (TPSA) is 160 Å². The summed E-state index contributed by atoms with van der Waals surface area (Å²) in [5, 5.41) is 15.9. The molecule has 0 spiro atoms. The first-order valence-electron chi connectivity index (χ1n) is 9.02. The van der Waals surface area contributed by atoms with Crippen LogP contribution >= 0.6 is 0 Å². The first kappa shape index (κ1) is 21.8. The van der Waals surface area contributed by atoms with Gasteiger partial charge < -0.3 is 34.6 Å². The van der Waals surface area contributed by atoms with Gasteiger partial charge in [-0.05, 0) is 0 Å². The number of aromatic nitrogens is 4. The summed E-state index contributed by atoms with van der Waals surface area (Å²) in [6.45, 7) is 7.54. The van der Waals surface area contributed by atoms with Crippen LogP contribution in [0.1, 0.15) is 0 Å². The second-order valence-corrected chi connectivity index (χ2v) is 6.08. The van der Waals surface area contributed by atoms with E-state index in [1.54, 1.807) is 0 Å². The average molecular weight is 398 g/mol. The van der Waals surface area contributed by atoms with Gasteiger partial charge in [0, 0.05) is 20.1 Å². The highest BCUT2D eigenvalue weighted by Gasteiger charge is 2.10. The molecule has 2 fully saturated rings. The smallest absolute Gasteiger partial charge is 0.329 e. The molecule has 0 radical (unpaired) electrons. The van der Waals surface area contributed by atoms with E-state index in [2.05, 4.69) is 20.6 Å². The molecular formula is C16H26N6O6. The monoisotopic (exact) mass is 398 g/mol. The van der Waals surface area contributed by atoms with Crippen LogP contribution in [0.15, 0.2) is 15.9 Å². The molecule has 0 aliphatic carbocycles. The standard InChI is InChI=1S/C8H8N4O4.2C4H9NO/c1-11-6-5(7(15)10-8(11)16)12(3-9-6)2-4(13)14;2*1-3-6-4-2-5-1/h3H,2H2,1H3,(H,13,14)(H,10,15,16);2*5H,1-4H2. The predicted octanol–water partition coefficient (Wildman–Crippen LogP) is -4.64. The average Bonchev–Trinajstić information content (AvgIpc) is 3.13. The number of carbonyl (C=O) groups excluding carboxylic acids is 1. The minimum atomic E-state index is -1.34. The summed E-state index contributed by atoms with van der Waals surface area (Å²) in [7, 11) is 1.43. The van der Waals surface area contributed by atoms with Crippen LogP contribution in [0.4, 0.5) is 0 Å². The summed E-state index contributed by atoms with van der Waals surface area (Å²) in [6, 6.07) is 0. The molecule has 12 nitrogen and oxygen atoms in total. The molecule has 4 heterocycles. The van der Waals surface area contributed by atoms with Crippen LogP contribution in [0.3, 0.4) is 0 Å². The van der Waals surface area contributed by atoms with E-state index in [1.807, 2.05) is 0 Å². The van der Waals surface area contributed by atoms with Crippen molar-refractivity contribution in [3.63, 3.8) is 0 Å². The number of nitrogens with two attached hydrogens (primary N) is 1. The summed E-state index contributed by atoms with van der Waals surface area (Å²) < 4.78 is 12.3.